The molecule has 1 aromatic heterocycles. The smallest absolute Gasteiger partial charge is 0.197 e. The number of aromatic nitrogens is 1. The van der Waals surface area contributed by atoms with Crippen molar-refractivity contribution in [2.24, 2.45) is 0 Å². The van der Waals surface area contributed by atoms with Crippen molar-refractivity contribution in [2.75, 3.05) is 0 Å². The maximum Gasteiger partial charge on any atom is 0.197 e. The topological polar surface area (TPSA) is 39.2 Å². The van der Waals surface area contributed by atoms with Crippen molar-refractivity contribution in [3.8, 4) is 16.9 Å². The molecule has 0 bridgehead atoms. The molecule has 0 fully saturated rings. The van der Waals surface area contributed by atoms with E-state index in [-0.39, 0.29) is 11.5 Å². The molecule has 0 atom stereocenters. The van der Waals surface area contributed by atoms with Crippen LogP contribution in [-0.2, 0) is 11.2 Å². The summed E-state index contributed by atoms with van der Waals surface area (Å²) in [4.78, 5) is 16.8. The Morgan fingerprint density at radius 3 is 2.47 bits per heavy atom. The number of allylic oxidation sites excluding steroid dienone is 1. The van der Waals surface area contributed by atoms with Crippen molar-refractivity contribution in [1.82, 2.24) is 4.98 Å². The summed E-state index contributed by atoms with van der Waals surface area (Å²) in [6, 6.07) is 19.8. The van der Waals surface area contributed by atoms with E-state index in [9.17, 15) is 4.79 Å². The zero-order valence-corrected chi connectivity index (χ0v) is 18.0. The number of pyridine rings is 1. The predicted octanol–water partition coefficient (Wildman–Crippen LogP) is 6.98. The molecule has 0 unspecified atom stereocenters. The highest BCUT2D eigenvalue weighted by Gasteiger charge is 2.12. The second-order valence-electron chi connectivity index (χ2n) is 7.31. The number of hydrogen-bond donors (Lipinski definition) is 0. The van der Waals surface area contributed by atoms with Crippen LogP contribution in [0.2, 0.25) is 5.02 Å². The number of benzene rings is 2. The van der Waals surface area contributed by atoms with Crippen LogP contribution in [0.4, 0.5) is 0 Å². The summed E-state index contributed by atoms with van der Waals surface area (Å²) in [6.45, 7) is 5.68. The first-order chi connectivity index (χ1) is 14.5. The van der Waals surface area contributed by atoms with Gasteiger partial charge in [0, 0.05) is 23.2 Å². The van der Waals surface area contributed by atoms with Crippen LogP contribution >= 0.6 is 11.6 Å². The molecule has 154 valence electrons. The maximum absolute atomic E-state index is 12.4. The van der Waals surface area contributed by atoms with Gasteiger partial charge in [0.2, 0.25) is 0 Å². The summed E-state index contributed by atoms with van der Waals surface area (Å²) in [5.74, 6) is 0.645. The summed E-state index contributed by atoms with van der Waals surface area (Å²) in [5, 5.41) is 0.679. The highest BCUT2D eigenvalue weighted by Crippen LogP contribution is 2.27. The Morgan fingerprint density at radius 1 is 1.00 bits per heavy atom. The lowest BCUT2D eigenvalue weighted by Gasteiger charge is -2.12. The van der Waals surface area contributed by atoms with Crippen LogP contribution in [-0.4, -0.2) is 10.8 Å². The molecule has 0 spiro atoms. The van der Waals surface area contributed by atoms with Crippen molar-refractivity contribution < 1.29 is 9.53 Å². The van der Waals surface area contributed by atoms with Crippen molar-refractivity contribution >= 4 is 17.4 Å². The minimum atomic E-state index is -0.0639. The van der Waals surface area contributed by atoms with Gasteiger partial charge < -0.3 is 4.74 Å². The normalized spacial score (nSPS) is 10.6. The molecule has 0 saturated heterocycles. The fraction of sp³-hybridized carbons (Fsp3) is 0.231. The van der Waals surface area contributed by atoms with Crippen molar-refractivity contribution in [3.63, 3.8) is 0 Å². The molecule has 0 N–H and O–H groups in total. The Balaban J connectivity index is 1.50. The Labute approximate surface area is 183 Å². The number of carbonyl (C=O) groups is 1. The number of hydrogen-bond acceptors (Lipinski definition) is 3. The lowest BCUT2D eigenvalue weighted by molar-refractivity contribution is -0.117. The van der Waals surface area contributed by atoms with Gasteiger partial charge in [0.15, 0.2) is 11.5 Å². The van der Waals surface area contributed by atoms with Crippen LogP contribution in [0.15, 0.2) is 79.2 Å². The summed E-state index contributed by atoms with van der Waals surface area (Å²) in [7, 11) is 0. The lowest BCUT2D eigenvalue weighted by atomic mass is 10.0. The third-order valence-electron chi connectivity index (χ3n) is 4.97. The van der Waals surface area contributed by atoms with Crippen LogP contribution in [0.1, 0.15) is 36.9 Å². The molecule has 0 aliphatic rings. The second kappa shape index (κ2) is 10.7. The fourth-order valence-electron chi connectivity index (χ4n) is 3.18. The fourth-order valence-corrected chi connectivity index (χ4v) is 3.31. The standard InChI is InChI=1S/C26H26ClNO2/c1-19-26(17-23(18-28-19)22-13-15-24(27)16-14-22)30-20(2)25(29)12-8-4-7-11-21-9-5-3-6-10-21/h3,5-6,9-10,13-18H,2,4,7-8,11-12H2,1H3. The summed E-state index contributed by atoms with van der Waals surface area (Å²) in [6.07, 6.45) is 6.15. The monoisotopic (exact) mass is 419 g/mol. The molecule has 0 aliphatic heterocycles. The molecular weight excluding hydrogens is 394 g/mol. The van der Waals surface area contributed by atoms with E-state index in [1.165, 1.54) is 5.56 Å². The van der Waals surface area contributed by atoms with Gasteiger partial charge in [-0.15, -0.1) is 0 Å². The first-order valence-corrected chi connectivity index (χ1v) is 10.6. The predicted molar refractivity (Wildman–Crippen MR) is 123 cm³/mol. The van der Waals surface area contributed by atoms with E-state index < -0.39 is 0 Å². The van der Waals surface area contributed by atoms with Crippen LogP contribution in [0.5, 0.6) is 5.75 Å². The number of carbonyl (C=O) groups excluding carboxylic acids is 1. The first kappa shape index (κ1) is 21.8. The molecule has 1 heterocycles. The molecule has 0 saturated carbocycles. The van der Waals surface area contributed by atoms with Gasteiger partial charge in [-0.2, -0.15) is 0 Å². The zero-order chi connectivity index (χ0) is 21.3. The lowest BCUT2D eigenvalue weighted by Crippen LogP contribution is -2.08. The van der Waals surface area contributed by atoms with Crippen LogP contribution in [0.3, 0.4) is 0 Å². The molecular formula is C26H26ClNO2. The summed E-state index contributed by atoms with van der Waals surface area (Å²) >= 11 is 5.96. The molecule has 0 aliphatic carbocycles. The van der Waals surface area contributed by atoms with E-state index in [0.29, 0.717) is 22.9 Å². The van der Waals surface area contributed by atoms with Gasteiger partial charge in [0.05, 0.1) is 5.69 Å². The molecule has 0 amide bonds. The van der Waals surface area contributed by atoms with Crippen molar-refractivity contribution in [2.45, 2.75) is 39.0 Å². The number of ketones is 1. The Hall–Kier alpha value is -2.91. The van der Waals surface area contributed by atoms with E-state index in [1.54, 1.807) is 6.20 Å². The number of aryl methyl sites for hydroxylation is 2. The number of ether oxygens (including phenoxy) is 1. The summed E-state index contributed by atoms with van der Waals surface area (Å²) in [5.41, 5.74) is 3.92. The molecule has 3 nitrogen and oxygen atoms in total. The Bertz CT molecular complexity index is 997. The molecule has 0 radical (unpaired) electrons. The summed E-state index contributed by atoms with van der Waals surface area (Å²) < 4.78 is 5.79. The van der Waals surface area contributed by atoms with Crippen LogP contribution < -0.4 is 4.74 Å². The van der Waals surface area contributed by atoms with Gasteiger partial charge in [0.1, 0.15) is 5.75 Å². The number of nitrogens with zero attached hydrogens (tertiary/aromatic N) is 1. The number of rotatable bonds is 10. The van der Waals surface area contributed by atoms with E-state index >= 15 is 0 Å². The van der Waals surface area contributed by atoms with E-state index in [2.05, 4.69) is 35.8 Å². The third-order valence-corrected chi connectivity index (χ3v) is 5.23. The van der Waals surface area contributed by atoms with Gasteiger partial charge in [-0.25, -0.2) is 0 Å². The quantitative estimate of drug-likeness (QED) is 0.202. The number of halogens is 1. The van der Waals surface area contributed by atoms with E-state index in [1.807, 2.05) is 43.3 Å². The highest BCUT2D eigenvalue weighted by atomic mass is 35.5. The van der Waals surface area contributed by atoms with Crippen molar-refractivity contribution in [1.29, 1.82) is 0 Å². The van der Waals surface area contributed by atoms with E-state index in [0.717, 1.165) is 36.8 Å². The number of unbranched alkanes of at least 4 members (excludes halogenated alkanes) is 2. The van der Waals surface area contributed by atoms with Gasteiger partial charge in [-0.3, -0.25) is 9.78 Å². The van der Waals surface area contributed by atoms with Gasteiger partial charge in [0.25, 0.3) is 0 Å². The third kappa shape index (κ3) is 6.30. The second-order valence-corrected chi connectivity index (χ2v) is 7.75. The van der Waals surface area contributed by atoms with E-state index in [4.69, 9.17) is 16.3 Å². The molecule has 3 aromatic rings. The minimum Gasteiger partial charge on any atom is -0.452 e. The van der Waals surface area contributed by atoms with Gasteiger partial charge >= 0.3 is 0 Å². The van der Waals surface area contributed by atoms with Crippen molar-refractivity contribution in [3.05, 3.63) is 95.5 Å². The Morgan fingerprint density at radius 2 is 1.73 bits per heavy atom. The maximum atomic E-state index is 12.4. The van der Waals surface area contributed by atoms with Crippen LogP contribution in [0.25, 0.3) is 11.1 Å². The van der Waals surface area contributed by atoms with Gasteiger partial charge in [-0.1, -0.05) is 67.1 Å². The van der Waals surface area contributed by atoms with Gasteiger partial charge in [-0.05, 0) is 55.5 Å². The molecule has 2 aromatic carbocycles. The largest absolute Gasteiger partial charge is 0.452 e. The molecule has 4 heteroatoms. The van der Waals surface area contributed by atoms with Crippen LogP contribution in [0, 0.1) is 6.92 Å². The Kier molecular flexibility index (Phi) is 7.81. The molecule has 30 heavy (non-hydrogen) atoms. The molecule has 3 rings (SSSR count). The zero-order valence-electron chi connectivity index (χ0n) is 17.2. The number of Topliss-reactive ketones (excluding diaryl/α,β-unsaturated/α-hetero) is 1. The average Bonchev–Trinajstić information content (AvgIpc) is 2.76. The highest BCUT2D eigenvalue weighted by molar-refractivity contribution is 6.30. The minimum absolute atomic E-state index is 0.0639. The first-order valence-electron chi connectivity index (χ1n) is 10.2. The average molecular weight is 420 g/mol. The SMILES string of the molecule is C=C(Oc1cc(-c2ccc(Cl)cc2)cnc1C)C(=O)CCCCCc1ccccc1.